The van der Waals surface area contributed by atoms with Crippen molar-refractivity contribution in [2.45, 2.75) is 64.6 Å². The van der Waals surface area contributed by atoms with E-state index in [4.69, 9.17) is 9.47 Å². The number of esters is 1. The standard InChI is InChI=1S/C18H26O4/c1-4-6-7-8-11-17-13-9-10-14(22-13)18(17,12(19)5-2)15(17)16(20)21-3/h9-10,13-15H,4-8,11H2,1-3H3/t13-,14+,15-,17-,18+/m1/s1. The van der Waals surface area contributed by atoms with Gasteiger partial charge in [-0.05, 0) is 6.42 Å². The van der Waals surface area contributed by atoms with Gasteiger partial charge in [-0.1, -0.05) is 51.7 Å². The Bertz CT molecular complexity index is 511. The highest BCUT2D eigenvalue weighted by Crippen LogP contribution is 2.82. The fourth-order valence-electron chi connectivity index (χ4n) is 5.14. The molecule has 4 nitrogen and oxygen atoms in total. The molecule has 0 amide bonds. The topological polar surface area (TPSA) is 52.6 Å². The second kappa shape index (κ2) is 5.48. The van der Waals surface area contributed by atoms with Crippen LogP contribution in [0.2, 0.25) is 0 Å². The molecule has 2 fully saturated rings. The fourth-order valence-corrected chi connectivity index (χ4v) is 5.14. The number of Topliss-reactive ketones (excluding diaryl/α,β-unsaturated/α-hetero) is 1. The molecule has 0 spiro atoms. The number of methoxy groups -OCH3 is 1. The highest BCUT2D eigenvalue weighted by Gasteiger charge is 2.91. The smallest absolute Gasteiger partial charge is 0.310 e. The van der Waals surface area contributed by atoms with Gasteiger partial charge in [0.25, 0.3) is 0 Å². The third kappa shape index (κ3) is 1.67. The molecule has 2 bridgehead atoms. The molecule has 0 aromatic carbocycles. The van der Waals surface area contributed by atoms with Gasteiger partial charge in [0.1, 0.15) is 5.78 Å². The molecule has 3 rings (SSSR count). The van der Waals surface area contributed by atoms with Crippen molar-refractivity contribution in [1.29, 1.82) is 0 Å². The van der Waals surface area contributed by atoms with Crippen molar-refractivity contribution in [3.8, 4) is 0 Å². The molecule has 122 valence electrons. The summed E-state index contributed by atoms with van der Waals surface area (Å²) in [4.78, 5) is 25.1. The van der Waals surface area contributed by atoms with E-state index in [0.717, 1.165) is 19.3 Å². The van der Waals surface area contributed by atoms with Crippen LogP contribution in [0.15, 0.2) is 12.2 Å². The Morgan fingerprint density at radius 1 is 1.14 bits per heavy atom. The monoisotopic (exact) mass is 306 g/mol. The third-order valence-corrected chi connectivity index (χ3v) is 6.03. The van der Waals surface area contributed by atoms with E-state index in [9.17, 15) is 9.59 Å². The van der Waals surface area contributed by atoms with Crippen LogP contribution in [0, 0.1) is 16.7 Å². The zero-order valence-electron chi connectivity index (χ0n) is 13.8. The van der Waals surface area contributed by atoms with Crippen LogP contribution in [0.4, 0.5) is 0 Å². The number of carbonyl (C=O) groups is 2. The van der Waals surface area contributed by atoms with E-state index in [0.29, 0.717) is 6.42 Å². The van der Waals surface area contributed by atoms with Crippen LogP contribution in [0.3, 0.4) is 0 Å². The molecule has 4 heteroatoms. The van der Waals surface area contributed by atoms with Gasteiger partial charge in [0.15, 0.2) is 0 Å². The Hall–Kier alpha value is -1.16. The van der Waals surface area contributed by atoms with Crippen molar-refractivity contribution in [2.24, 2.45) is 16.7 Å². The van der Waals surface area contributed by atoms with E-state index in [1.54, 1.807) is 0 Å². The minimum Gasteiger partial charge on any atom is -0.469 e. The number of ketones is 1. The van der Waals surface area contributed by atoms with E-state index >= 15 is 0 Å². The molecular formula is C18H26O4. The number of fused-ring (bicyclic) bond motifs is 5. The summed E-state index contributed by atoms with van der Waals surface area (Å²) in [6.45, 7) is 4.06. The summed E-state index contributed by atoms with van der Waals surface area (Å²) in [5, 5.41) is 0. The molecule has 0 radical (unpaired) electrons. The number of hydrogen-bond donors (Lipinski definition) is 0. The molecule has 1 aliphatic carbocycles. The number of hydrogen-bond acceptors (Lipinski definition) is 4. The van der Waals surface area contributed by atoms with Gasteiger partial charge in [0.05, 0.1) is 30.7 Å². The fraction of sp³-hybridized carbons (Fsp3) is 0.778. The third-order valence-electron chi connectivity index (χ3n) is 6.03. The van der Waals surface area contributed by atoms with Crippen molar-refractivity contribution in [3.05, 3.63) is 12.2 Å². The van der Waals surface area contributed by atoms with Crippen molar-refractivity contribution in [1.82, 2.24) is 0 Å². The Morgan fingerprint density at radius 2 is 1.86 bits per heavy atom. The van der Waals surface area contributed by atoms with Gasteiger partial charge in [-0.25, -0.2) is 0 Å². The molecule has 5 atom stereocenters. The lowest BCUT2D eigenvalue weighted by Gasteiger charge is -2.22. The second-order valence-electron chi connectivity index (χ2n) is 6.82. The summed E-state index contributed by atoms with van der Waals surface area (Å²) < 4.78 is 11.0. The molecule has 1 saturated carbocycles. The molecule has 0 aromatic rings. The number of unbranched alkanes of at least 4 members (excludes halogenated alkanes) is 3. The van der Waals surface area contributed by atoms with Crippen LogP contribution in [0.5, 0.6) is 0 Å². The molecule has 2 aliphatic heterocycles. The average molecular weight is 306 g/mol. The Kier molecular flexibility index (Phi) is 3.92. The SMILES string of the molecule is CCCCCC[C@@]12[C@@H](C(=O)OC)[C@]1(C(=O)CC)[C@@H]1C=C[C@H]2O1. The minimum atomic E-state index is -0.652. The quantitative estimate of drug-likeness (QED) is 0.393. The number of carbonyl (C=O) groups excluding carboxylic acids is 2. The lowest BCUT2D eigenvalue weighted by atomic mass is 9.77. The largest absolute Gasteiger partial charge is 0.469 e. The van der Waals surface area contributed by atoms with Gasteiger partial charge in [-0.15, -0.1) is 0 Å². The van der Waals surface area contributed by atoms with Crippen LogP contribution < -0.4 is 0 Å². The maximum absolute atomic E-state index is 12.8. The normalized spacial score (nSPS) is 40.6. The van der Waals surface area contributed by atoms with Crippen molar-refractivity contribution >= 4 is 11.8 Å². The van der Waals surface area contributed by atoms with Crippen LogP contribution in [0.25, 0.3) is 0 Å². The van der Waals surface area contributed by atoms with Crippen LogP contribution in [0.1, 0.15) is 52.4 Å². The van der Waals surface area contributed by atoms with Crippen molar-refractivity contribution in [3.63, 3.8) is 0 Å². The van der Waals surface area contributed by atoms with Gasteiger partial charge in [0.2, 0.25) is 0 Å². The van der Waals surface area contributed by atoms with Gasteiger partial charge >= 0.3 is 5.97 Å². The summed E-state index contributed by atoms with van der Waals surface area (Å²) in [5.41, 5.74) is -0.999. The summed E-state index contributed by atoms with van der Waals surface area (Å²) in [7, 11) is 1.42. The molecular weight excluding hydrogens is 280 g/mol. The first-order valence-corrected chi connectivity index (χ1v) is 8.56. The van der Waals surface area contributed by atoms with Crippen LogP contribution >= 0.6 is 0 Å². The molecule has 0 N–H and O–H groups in total. The second-order valence-corrected chi connectivity index (χ2v) is 6.82. The van der Waals surface area contributed by atoms with Gasteiger partial charge < -0.3 is 9.47 Å². The first-order valence-electron chi connectivity index (χ1n) is 8.56. The average Bonchev–Trinajstić information content (AvgIpc) is 2.82. The van der Waals surface area contributed by atoms with Crippen molar-refractivity contribution in [2.75, 3.05) is 7.11 Å². The van der Waals surface area contributed by atoms with E-state index in [1.807, 2.05) is 13.0 Å². The zero-order chi connectivity index (χ0) is 16.0. The lowest BCUT2D eigenvalue weighted by molar-refractivity contribution is -0.148. The number of ether oxygens (including phenoxy) is 2. The Morgan fingerprint density at radius 3 is 2.50 bits per heavy atom. The summed E-state index contributed by atoms with van der Waals surface area (Å²) in [5.74, 6) is -0.396. The highest BCUT2D eigenvalue weighted by molar-refractivity contribution is 6.00. The maximum atomic E-state index is 12.8. The van der Waals surface area contributed by atoms with E-state index in [-0.39, 0.29) is 35.3 Å². The summed E-state index contributed by atoms with van der Waals surface area (Å²) in [6.07, 6.45) is 9.57. The predicted molar refractivity (Wildman–Crippen MR) is 82.2 cm³/mol. The zero-order valence-corrected chi connectivity index (χ0v) is 13.8. The first kappa shape index (κ1) is 15.7. The van der Waals surface area contributed by atoms with Gasteiger partial charge in [0, 0.05) is 11.8 Å². The van der Waals surface area contributed by atoms with Crippen molar-refractivity contribution < 1.29 is 19.1 Å². The van der Waals surface area contributed by atoms with E-state index < -0.39 is 5.41 Å². The molecule has 1 saturated heterocycles. The summed E-state index contributed by atoms with van der Waals surface area (Å²) >= 11 is 0. The van der Waals surface area contributed by atoms with Crippen LogP contribution in [-0.2, 0) is 19.1 Å². The Balaban J connectivity index is 1.91. The predicted octanol–water partition coefficient (Wildman–Crippen LogP) is 3.05. The summed E-state index contributed by atoms with van der Waals surface area (Å²) in [6, 6.07) is 0. The van der Waals surface area contributed by atoms with Crippen LogP contribution in [-0.4, -0.2) is 31.1 Å². The lowest BCUT2D eigenvalue weighted by Crippen LogP contribution is -2.32. The Labute approximate surface area is 132 Å². The maximum Gasteiger partial charge on any atom is 0.310 e. The van der Waals surface area contributed by atoms with Gasteiger partial charge in [-0.2, -0.15) is 0 Å². The molecule has 0 unspecified atom stereocenters. The van der Waals surface area contributed by atoms with Gasteiger partial charge in [-0.3, -0.25) is 9.59 Å². The highest BCUT2D eigenvalue weighted by atomic mass is 16.5. The van der Waals surface area contributed by atoms with E-state index in [2.05, 4.69) is 13.0 Å². The molecule has 3 aliphatic rings. The molecule has 22 heavy (non-hydrogen) atoms. The van der Waals surface area contributed by atoms with E-state index in [1.165, 1.54) is 20.0 Å². The molecule has 0 aromatic heterocycles. The molecule has 2 heterocycles. The first-order chi connectivity index (χ1) is 10.6. The minimum absolute atomic E-state index is 0.0984. The number of rotatable bonds is 8.